The van der Waals surface area contributed by atoms with Crippen LogP contribution in [0.25, 0.3) is 0 Å². The standard InChI is InChI=1S/C26H30N2O4S/c1-5-32-25-9-7-6-8-24(25)28(33(4,30)31)18-20-10-12-22(13-11-20)26(29)27-23-16-14-21(15-17-23)19(2)3/h6-17,19H,5,18H2,1-4H3,(H,27,29). The molecule has 0 saturated heterocycles. The van der Waals surface area contributed by atoms with Crippen LogP contribution in [0.3, 0.4) is 0 Å². The SMILES string of the molecule is CCOc1ccccc1N(Cc1ccc(C(=O)Nc2ccc(C(C)C)cc2)cc1)S(C)(=O)=O. The Hall–Kier alpha value is -3.32. The third kappa shape index (κ3) is 6.35. The minimum Gasteiger partial charge on any atom is -0.492 e. The molecule has 0 unspecified atom stereocenters. The van der Waals surface area contributed by atoms with E-state index in [0.717, 1.165) is 11.3 Å². The van der Waals surface area contributed by atoms with Crippen LogP contribution in [0, 0.1) is 0 Å². The van der Waals surface area contributed by atoms with Crippen molar-refractivity contribution in [2.45, 2.75) is 33.2 Å². The van der Waals surface area contributed by atoms with Crippen LogP contribution in [0.5, 0.6) is 5.75 Å². The van der Waals surface area contributed by atoms with Gasteiger partial charge in [-0.05, 0) is 60.4 Å². The van der Waals surface area contributed by atoms with Gasteiger partial charge in [-0.3, -0.25) is 9.10 Å². The van der Waals surface area contributed by atoms with E-state index in [-0.39, 0.29) is 12.5 Å². The summed E-state index contributed by atoms with van der Waals surface area (Å²) < 4.78 is 32.0. The molecule has 174 valence electrons. The van der Waals surface area contributed by atoms with Crippen molar-refractivity contribution >= 4 is 27.3 Å². The molecule has 3 aromatic rings. The fourth-order valence-electron chi connectivity index (χ4n) is 3.40. The van der Waals surface area contributed by atoms with Gasteiger partial charge in [-0.2, -0.15) is 0 Å². The lowest BCUT2D eigenvalue weighted by Crippen LogP contribution is -2.29. The predicted molar refractivity (Wildman–Crippen MR) is 134 cm³/mol. The normalized spacial score (nSPS) is 11.3. The molecule has 0 heterocycles. The third-order valence-electron chi connectivity index (χ3n) is 5.21. The smallest absolute Gasteiger partial charge is 0.255 e. The first-order valence-corrected chi connectivity index (χ1v) is 12.7. The molecule has 1 N–H and O–H groups in total. The molecule has 0 atom stereocenters. The summed E-state index contributed by atoms with van der Waals surface area (Å²) in [6.07, 6.45) is 1.17. The molecule has 0 aliphatic heterocycles. The molecular weight excluding hydrogens is 436 g/mol. The molecule has 0 bridgehead atoms. The monoisotopic (exact) mass is 466 g/mol. The molecule has 1 amide bonds. The number of nitrogens with zero attached hydrogens (tertiary/aromatic N) is 1. The lowest BCUT2D eigenvalue weighted by atomic mass is 10.0. The Morgan fingerprint density at radius 3 is 2.18 bits per heavy atom. The second kappa shape index (κ2) is 10.5. The highest BCUT2D eigenvalue weighted by atomic mass is 32.2. The lowest BCUT2D eigenvalue weighted by Gasteiger charge is -2.24. The summed E-state index contributed by atoms with van der Waals surface area (Å²) in [6.45, 7) is 6.65. The van der Waals surface area contributed by atoms with Crippen molar-refractivity contribution in [3.8, 4) is 5.75 Å². The summed E-state index contributed by atoms with van der Waals surface area (Å²) in [5.74, 6) is 0.708. The molecule has 0 saturated carbocycles. The molecule has 0 spiro atoms. The maximum atomic E-state index is 12.6. The molecule has 0 fully saturated rings. The van der Waals surface area contributed by atoms with Crippen LogP contribution in [0.4, 0.5) is 11.4 Å². The predicted octanol–water partition coefficient (Wildman–Crippen LogP) is 5.43. The first-order chi connectivity index (χ1) is 15.7. The molecule has 0 radical (unpaired) electrons. The van der Waals surface area contributed by atoms with Crippen LogP contribution in [-0.2, 0) is 16.6 Å². The molecule has 7 heteroatoms. The van der Waals surface area contributed by atoms with E-state index in [9.17, 15) is 13.2 Å². The van der Waals surface area contributed by atoms with Gasteiger partial charge in [0.15, 0.2) is 0 Å². The molecule has 3 rings (SSSR count). The summed E-state index contributed by atoms with van der Waals surface area (Å²) in [7, 11) is -3.56. The number of anilines is 2. The van der Waals surface area contributed by atoms with Crippen molar-refractivity contribution in [3.05, 3.63) is 89.5 Å². The Balaban J connectivity index is 1.76. The number of carbonyl (C=O) groups excluding carboxylic acids is 1. The third-order valence-corrected chi connectivity index (χ3v) is 6.34. The van der Waals surface area contributed by atoms with Crippen molar-refractivity contribution in [2.75, 3.05) is 22.5 Å². The molecule has 33 heavy (non-hydrogen) atoms. The molecule has 0 aliphatic rings. The van der Waals surface area contributed by atoms with Gasteiger partial charge < -0.3 is 10.1 Å². The van der Waals surface area contributed by atoms with Crippen molar-refractivity contribution < 1.29 is 17.9 Å². The van der Waals surface area contributed by atoms with E-state index in [0.29, 0.717) is 29.5 Å². The maximum Gasteiger partial charge on any atom is 0.255 e. The largest absolute Gasteiger partial charge is 0.492 e. The van der Waals surface area contributed by atoms with Gasteiger partial charge >= 0.3 is 0 Å². The van der Waals surface area contributed by atoms with E-state index in [1.807, 2.05) is 31.2 Å². The highest BCUT2D eigenvalue weighted by molar-refractivity contribution is 7.92. The van der Waals surface area contributed by atoms with E-state index in [4.69, 9.17) is 4.74 Å². The molecule has 0 aliphatic carbocycles. The number of sulfonamides is 1. The number of carbonyl (C=O) groups is 1. The van der Waals surface area contributed by atoms with Gasteiger partial charge in [0.1, 0.15) is 5.75 Å². The van der Waals surface area contributed by atoms with Crippen LogP contribution in [-0.4, -0.2) is 27.2 Å². The number of benzene rings is 3. The van der Waals surface area contributed by atoms with Gasteiger partial charge in [-0.1, -0.05) is 50.2 Å². The second-order valence-electron chi connectivity index (χ2n) is 8.10. The fraction of sp³-hybridized carbons (Fsp3) is 0.269. The van der Waals surface area contributed by atoms with Crippen LogP contribution < -0.4 is 14.4 Å². The van der Waals surface area contributed by atoms with Crippen molar-refractivity contribution in [2.24, 2.45) is 0 Å². The average molecular weight is 467 g/mol. The van der Waals surface area contributed by atoms with Gasteiger partial charge in [0, 0.05) is 11.3 Å². The first kappa shape index (κ1) is 24.3. The highest BCUT2D eigenvalue weighted by Crippen LogP contribution is 2.31. The number of rotatable bonds is 9. The molecule has 6 nitrogen and oxygen atoms in total. The zero-order valence-corrected chi connectivity index (χ0v) is 20.2. The number of hydrogen-bond donors (Lipinski definition) is 1. The number of ether oxygens (including phenoxy) is 1. The Morgan fingerprint density at radius 1 is 0.970 bits per heavy atom. The quantitative estimate of drug-likeness (QED) is 0.456. The molecule has 3 aromatic carbocycles. The number of hydrogen-bond acceptors (Lipinski definition) is 4. The Labute approximate surface area is 196 Å². The van der Waals surface area contributed by atoms with E-state index in [2.05, 4.69) is 19.2 Å². The van der Waals surface area contributed by atoms with Crippen molar-refractivity contribution in [3.63, 3.8) is 0 Å². The van der Waals surface area contributed by atoms with E-state index < -0.39 is 10.0 Å². The maximum absolute atomic E-state index is 12.6. The van der Waals surface area contributed by atoms with E-state index in [1.165, 1.54) is 16.1 Å². The average Bonchev–Trinajstić information content (AvgIpc) is 2.78. The van der Waals surface area contributed by atoms with Crippen molar-refractivity contribution in [1.82, 2.24) is 0 Å². The second-order valence-corrected chi connectivity index (χ2v) is 10.0. The lowest BCUT2D eigenvalue weighted by molar-refractivity contribution is 0.102. The van der Waals surface area contributed by atoms with Gasteiger partial charge in [0.2, 0.25) is 10.0 Å². The first-order valence-electron chi connectivity index (χ1n) is 10.9. The summed E-state index contributed by atoms with van der Waals surface area (Å²) in [4.78, 5) is 12.6. The minimum absolute atomic E-state index is 0.126. The van der Waals surface area contributed by atoms with Crippen LogP contribution >= 0.6 is 0 Å². The summed E-state index contributed by atoms with van der Waals surface area (Å²) in [6, 6.07) is 21.8. The Morgan fingerprint density at radius 2 is 1.61 bits per heavy atom. The summed E-state index contributed by atoms with van der Waals surface area (Å²) >= 11 is 0. The molecular formula is C26H30N2O4S. The van der Waals surface area contributed by atoms with Gasteiger partial charge in [0.05, 0.1) is 25.1 Å². The Bertz CT molecular complexity index is 1190. The fourth-order valence-corrected chi connectivity index (χ4v) is 4.30. The number of amides is 1. The van der Waals surface area contributed by atoms with E-state index in [1.54, 1.807) is 48.5 Å². The number of para-hydroxylation sites is 2. The summed E-state index contributed by atoms with van der Waals surface area (Å²) in [5.41, 5.74) is 3.66. The Kier molecular flexibility index (Phi) is 7.76. The zero-order valence-electron chi connectivity index (χ0n) is 19.4. The van der Waals surface area contributed by atoms with Gasteiger partial charge in [-0.25, -0.2) is 8.42 Å². The molecule has 0 aromatic heterocycles. The van der Waals surface area contributed by atoms with E-state index >= 15 is 0 Å². The van der Waals surface area contributed by atoms with Gasteiger partial charge in [-0.15, -0.1) is 0 Å². The van der Waals surface area contributed by atoms with Crippen LogP contribution in [0.15, 0.2) is 72.8 Å². The van der Waals surface area contributed by atoms with Crippen LogP contribution in [0.1, 0.15) is 48.2 Å². The van der Waals surface area contributed by atoms with Crippen molar-refractivity contribution in [1.29, 1.82) is 0 Å². The number of nitrogens with one attached hydrogen (secondary N) is 1. The van der Waals surface area contributed by atoms with Crippen LogP contribution in [0.2, 0.25) is 0 Å². The minimum atomic E-state index is -3.56. The van der Waals surface area contributed by atoms with Gasteiger partial charge in [0.25, 0.3) is 5.91 Å². The topological polar surface area (TPSA) is 75.7 Å². The highest BCUT2D eigenvalue weighted by Gasteiger charge is 2.21. The zero-order chi connectivity index (χ0) is 24.0. The summed E-state index contributed by atoms with van der Waals surface area (Å²) in [5, 5.41) is 2.89.